The van der Waals surface area contributed by atoms with Crippen molar-refractivity contribution in [2.45, 2.75) is 0 Å². The van der Waals surface area contributed by atoms with Gasteiger partial charge >= 0.3 is 0 Å². The monoisotopic (exact) mass is 295 g/mol. The molecule has 4 nitrogen and oxygen atoms in total. The van der Waals surface area contributed by atoms with Gasteiger partial charge < -0.3 is 5.73 Å². The van der Waals surface area contributed by atoms with Crippen molar-refractivity contribution in [2.75, 3.05) is 11.2 Å². The van der Waals surface area contributed by atoms with Gasteiger partial charge in [-0.3, -0.25) is 15.6 Å². The van der Waals surface area contributed by atoms with Crippen LogP contribution < -0.4 is 16.6 Å². The van der Waals surface area contributed by atoms with Crippen LogP contribution in [-0.4, -0.2) is 5.91 Å². The van der Waals surface area contributed by atoms with Crippen LogP contribution >= 0.6 is 23.2 Å². The second-order valence-electron chi connectivity index (χ2n) is 3.83. The zero-order chi connectivity index (χ0) is 13.8. The highest BCUT2D eigenvalue weighted by molar-refractivity contribution is 6.33. The van der Waals surface area contributed by atoms with Gasteiger partial charge in [0.15, 0.2) is 0 Å². The van der Waals surface area contributed by atoms with Gasteiger partial charge in [0.2, 0.25) is 0 Å². The van der Waals surface area contributed by atoms with E-state index in [1.165, 1.54) is 0 Å². The number of nitrogens with one attached hydrogen (secondary N) is 2. The number of carbonyl (C=O) groups is 1. The predicted molar refractivity (Wildman–Crippen MR) is 78.4 cm³/mol. The minimum Gasteiger partial charge on any atom is -0.399 e. The van der Waals surface area contributed by atoms with E-state index in [1.54, 1.807) is 42.5 Å². The van der Waals surface area contributed by atoms with E-state index in [9.17, 15) is 4.79 Å². The van der Waals surface area contributed by atoms with Crippen molar-refractivity contribution in [1.82, 2.24) is 5.43 Å². The normalized spacial score (nSPS) is 10.0. The highest BCUT2D eigenvalue weighted by Crippen LogP contribution is 2.23. The van der Waals surface area contributed by atoms with Gasteiger partial charge in [0.25, 0.3) is 5.91 Å². The molecule has 0 saturated carbocycles. The minimum atomic E-state index is -0.296. The molecule has 2 rings (SSSR count). The number of anilines is 2. The van der Waals surface area contributed by atoms with Crippen LogP contribution in [0.5, 0.6) is 0 Å². The first-order chi connectivity index (χ1) is 9.06. The Morgan fingerprint density at radius 1 is 1.05 bits per heavy atom. The van der Waals surface area contributed by atoms with Crippen LogP contribution in [0.2, 0.25) is 10.0 Å². The van der Waals surface area contributed by atoms with Crippen LogP contribution in [-0.2, 0) is 0 Å². The number of amides is 1. The Balaban J connectivity index is 2.04. The molecule has 0 fully saturated rings. The predicted octanol–water partition coefficient (Wildman–Crippen LogP) is 3.33. The summed E-state index contributed by atoms with van der Waals surface area (Å²) in [5, 5.41) is 1.04. The van der Waals surface area contributed by atoms with Crippen LogP contribution in [0.25, 0.3) is 0 Å². The van der Waals surface area contributed by atoms with Crippen molar-refractivity contribution in [3.8, 4) is 0 Å². The quantitative estimate of drug-likeness (QED) is 0.601. The Hall–Kier alpha value is -1.91. The third-order valence-corrected chi connectivity index (χ3v) is 2.99. The number of carbonyl (C=O) groups excluding carboxylic acids is 1. The summed E-state index contributed by atoms with van der Waals surface area (Å²) in [6.07, 6.45) is 0. The van der Waals surface area contributed by atoms with Crippen molar-refractivity contribution in [3.63, 3.8) is 0 Å². The maximum absolute atomic E-state index is 11.8. The van der Waals surface area contributed by atoms with E-state index in [-0.39, 0.29) is 5.91 Å². The molecule has 4 N–H and O–H groups in total. The first-order valence-electron chi connectivity index (χ1n) is 5.43. The molecular formula is C13H11Cl2N3O. The fourth-order valence-corrected chi connectivity index (χ4v) is 1.73. The third-order valence-electron chi connectivity index (χ3n) is 2.41. The van der Waals surface area contributed by atoms with Crippen LogP contribution in [0.1, 0.15) is 10.4 Å². The van der Waals surface area contributed by atoms with Gasteiger partial charge in [0, 0.05) is 16.3 Å². The lowest BCUT2D eigenvalue weighted by Gasteiger charge is -2.10. The van der Waals surface area contributed by atoms with Gasteiger partial charge in [0.1, 0.15) is 0 Å². The Morgan fingerprint density at radius 2 is 1.74 bits per heavy atom. The van der Waals surface area contributed by atoms with E-state index in [2.05, 4.69) is 10.9 Å². The molecule has 1 amide bonds. The SMILES string of the molecule is Nc1ccc(Cl)c(NNC(=O)c2ccc(Cl)cc2)c1. The molecule has 0 aliphatic carbocycles. The lowest BCUT2D eigenvalue weighted by atomic mass is 10.2. The van der Waals surface area contributed by atoms with Crippen LogP contribution in [0.4, 0.5) is 11.4 Å². The molecule has 0 aliphatic rings. The summed E-state index contributed by atoms with van der Waals surface area (Å²) in [6, 6.07) is 11.5. The fourth-order valence-electron chi connectivity index (χ4n) is 1.44. The summed E-state index contributed by atoms with van der Waals surface area (Å²) in [6.45, 7) is 0. The van der Waals surface area contributed by atoms with Crippen LogP contribution in [0, 0.1) is 0 Å². The number of hydrazine groups is 1. The van der Waals surface area contributed by atoms with E-state index in [4.69, 9.17) is 28.9 Å². The van der Waals surface area contributed by atoms with Crippen LogP contribution in [0.15, 0.2) is 42.5 Å². The van der Waals surface area contributed by atoms with E-state index >= 15 is 0 Å². The summed E-state index contributed by atoms with van der Waals surface area (Å²) in [4.78, 5) is 11.8. The first kappa shape index (κ1) is 13.5. The molecule has 6 heteroatoms. The molecule has 0 bridgehead atoms. The second-order valence-corrected chi connectivity index (χ2v) is 4.67. The number of benzene rings is 2. The molecule has 0 aliphatic heterocycles. The highest BCUT2D eigenvalue weighted by Gasteiger charge is 2.06. The molecule has 0 aromatic heterocycles. The number of hydrogen-bond acceptors (Lipinski definition) is 3. The van der Waals surface area contributed by atoms with Crippen molar-refractivity contribution in [1.29, 1.82) is 0 Å². The minimum absolute atomic E-state index is 0.296. The summed E-state index contributed by atoms with van der Waals surface area (Å²) >= 11 is 11.7. The fraction of sp³-hybridized carbons (Fsp3) is 0. The Kier molecular flexibility index (Phi) is 4.14. The van der Waals surface area contributed by atoms with Gasteiger partial charge in [-0.15, -0.1) is 0 Å². The number of hydrogen-bond donors (Lipinski definition) is 3. The van der Waals surface area contributed by atoms with Crippen LogP contribution in [0.3, 0.4) is 0 Å². The molecule has 19 heavy (non-hydrogen) atoms. The third kappa shape index (κ3) is 3.53. The number of rotatable bonds is 3. The molecule has 0 radical (unpaired) electrons. The summed E-state index contributed by atoms with van der Waals surface area (Å²) in [5.74, 6) is -0.296. The van der Waals surface area contributed by atoms with E-state index < -0.39 is 0 Å². The molecule has 2 aromatic carbocycles. The Labute approximate surface area is 120 Å². The lowest BCUT2D eigenvalue weighted by Crippen LogP contribution is -2.29. The summed E-state index contributed by atoms with van der Waals surface area (Å²) < 4.78 is 0. The second kappa shape index (κ2) is 5.82. The molecule has 0 heterocycles. The van der Waals surface area contributed by atoms with Crippen molar-refractivity contribution in [3.05, 3.63) is 58.1 Å². The first-order valence-corrected chi connectivity index (χ1v) is 6.19. The average molecular weight is 296 g/mol. The molecule has 2 aromatic rings. The topological polar surface area (TPSA) is 67.2 Å². The lowest BCUT2D eigenvalue weighted by molar-refractivity contribution is 0.0962. The number of nitrogen functional groups attached to an aromatic ring is 1. The maximum Gasteiger partial charge on any atom is 0.269 e. The van der Waals surface area contributed by atoms with E-state index in [1.807, 2.05) is 0 Å². The Bertz CT molecular complexity index is 599. The van der Waals surface area contributed by atoms with Gasteiger partial charge in [-0.05, 0) is 42.5 Å². The van der Waals surface area contributed by atoms with Gasteiger partial charge in [-0.2, -0.15) is 0 Å². The smallest absolute Gasteiger partial charge is 0.269 e. The van der Waals surface area contributed by atoms with Gasteiger partial charge in [0.05, 0.1) is 10.7 Å². The van der Waals surface area contributed by atoms with E-state index in [0.29, 0.717) is 27.0 Å². The number of halogens is 2. The standard InChI is InChI=1S/C13H11Cl2N3O/c14-9-3-1-8(2-4-9)13(19)18-17-12-7-10(16)5-6-11(12)15/h1-7,17H,16H2,(H,18,19). The van der Waals surface area contributed by atoms with Gasteiger partial charge in [-0.25, -0.2) is 0 Å². The summed E-state index contributed by atoms with van der Waals surface area (Å²) in [5.41, 5.74) is 12.5. The number of nitrogens with two attached hydrogens (primary N) is 1. The molecule has 0 saturated heterocycles. The molecule has 0 atom stereocenters. The highest BCUT2D eigenvalue weighted by atomic mass is 35.5. The Morgan fingerprint density at radius 3 is 2.42 bits per heavy atom. The molecule has 98 valence electrons. The van der Waals surface area contributed by atoms with E-state index in [0.717, 1.165) is 0 Å². The zero-order valence-corrected chi connectivity index (χ0v) is 11.3. The summed E-state index contributed by atoms with van der Waals surface area (Å²) in [7, 11) is 0. The maximum atomic E-state index is 11.8. The van der Waals surface area contributed by atoms with Crippen molar-refractivity contribution >= 4 is 40.5 Å². The largest absolute Gasteiger partial charge is 0.399 e. The molecular weight excluding hydrogens is 285 g/mol. The molecule has 0 spiro atoms. The van der Waals surface area contributed by atoms with Crippen molar-refractivity contribution in [2.24, 2.45) is 0 Å². The average Bonchev–Trinajstić information content (AvgIpc) is 2.40. The molecule has 0 unspecified atom stereocenters. The van der Waals surface area contributed by atoms with Crippen molar-refractivity contribution < 1.29 is 4.79 Å². The van der Waals surface area contributed by atoms with Gasteiger partial charge in [-0.1, -0.05) is 23.2 Å². The zero-order valence-electron chi connectivity index (χ0n) is 9.78.